The van der Waals surface area contributed by atoms with Gasteiger partial charge >= 0.3 is 0 Å². The fraction of sp³-hybridized carbons (Fsp3) is 0.217. The number of anilines is 4. The van der Waals surface area contributed by atoms with E-state index in [1.165, 1.54) is 5.39 Å². The Morgan fingerprint density at radius 3 is 2.87 bits per heavy atom. The first-order valence-corrected chi connectivity index (χ1v) is 10.2. The molecule has 7 nitrogen and oxygen atoms in total. The second-order valence-electron chi connectivity index (χ2n) is 7.53. The van der Waals surface area contributed by atoms with E-state index >= 15 is 0 Å². The molecule has 1 aliphatic heterocycles. The van der Waals surface area contributed by atoms with Crippen LogP contribution in [0, 0.1) is 6.92 Å². The van der Waals surface area contributed by atoms with Crippen LogP contribution in [0.3, 0.4) is 0 Å². The van der Waals surface area contributed by atoms with Crippen LogP contribution in [0.5, 0.6) is 5.75 Å². The number of nitrogens with zero attached hydrogens (tertiary/aromatic N) is 2. The van der Waals surface area contributed by atoms with Crippen LogP contribution in [0.25, 0.3) is 10.9 Å². The van der Waals surface area contributed by atoms with Gasteiger partial charge in [0.05, 0.1) is 0 Å². The molecule has 4 aromatic rings. The summed E-state index contributed by atoms with van der Waals surface area (Å²) in [5.41, 5.74) is 4.14. The lowest BCUT2D eigenvalue weighted by Crippen LogP contribution is -2.19. The fourth-order valence-corrected chi connectivity index (χ4v) is 3.69. The highest BCUT2D eigenvalue weighted by atomic mass is 16.5. The fourth-order valence-electron chi connectivity index (χ4n) is 3.69. The lowest BCUT2D eigenvalue weighted by molar-refractivity contribution is 0.223. The van der Waals surface area contributed by atoms with Crippen molar-refractivity contribution in [2.45, 2.75) is 19.4 Å². The Balaban J connectivity index is 1.29. The smallest absolute Gasteiger partial charge is 0.229 e. The maximum atomic E-state index is 6.04. The first-order chi connectivity index (χ1) is 14.7. The van der Waals surface area contributed by atoms with E-state index in [1.54, 1.807) is 6.20 Å². The molecular weight excluding hydrogens is 376 g/mol. The first kappa shape index (κ1) is 18.4. The molecule has 152 valence electrons. The number of aromatic amines is 1. The number of hydrogen-bond acceptors (Lipinski definition) is 6. The van der Waals surface area contributed by atoms with Crippen molar-refractivity contribution < 1.29 is 4.74 Å². The minimum atomic E-state index is 0.227. The molecule has 0 radical (unpaired) electrons. The summed E-state index contributed by atoms with van der Waals surface area (Å²) < 4.78 is 6.04. The molecule has 3 heterocycles. The molecule has 2 aromatic heterocycles. The summed E-state index contributed by atoms with van der Waals surface area (Å²) in [6.07, 6.45) is 2.99. The lowest BCUT2D eigenvalue weighted by atomic mass is 10.2. The molecule has 4 N–H and O–H groups in total. The molecule has 0 saturated carbocycles. The van der Waals surface area contributed by atoms with E-state index in [4.69, 9.17) is 4.74 Å². The van der Waals surface area contributed by atoms with Gasteiger partial charge in [-0.3, -0.25) is 0 Å². The molecule has 1 unspecified atom stereocenters. The Morgan fingerprint density at radius 1 is 1.03 bits per heavy atom. The van der Waals surface area contributed by atoms with Gasteiger partial charge < -0.3 is 25.7 Å². The third-order valence-corrected chi connectivity index (χ3v) is 5.09. The number of aromatic nitrogens is 3. The topological polar surface area (TPSA) is 86.9 Å². The number of aryl methyl sites for hydroxylation is 1. The van der Waals surface area contributed by atoms with Crippen LogP contribution in [0.2, 0.25) is 0 Å². The van der Waals surface area contributed by atoms with Crippen LogP contribution in [0.1, 0.15) is 12.1 Å². The highest BCUT2D eigenvalue weighted by molar-refractivity contribution is 5.84. The number of hydrogen-bond donors (Lipinski definition) is 4. The van der Waals surface area contributed by atoms with Gasteiger partial charge in [0.25, 0.3) is 0 Å². The largest absolute Gasteiger partial charge is 0.489 e. The summed E-state index contributed by atoms with van der Waals surface area (Å²) in [5, 5.41) is 11.1. The van der Waals surface area contributed by atoms with Gasteiger partial charge in [0.1, 0.15) is 17.7 Å². The second kappa shape index (κ2) is 8.04. The van der Waals surface area contributed by atoms with E-state index in [-0.39, 0.29) is 6.10 Å². The van der Waals surface area contributed by atoms with Crippen molar-refractivity contribution in [1.29, 1.82) is 0 Å². The minimum Gasteiger partial charge on any atom is -0.489 e. The monoisotopic (exact) mass is 400 g/mol. The highest BCUT2D eigenvalue weighted by Crippen LogP contribution is 2.24. The Hall–Kier alpha value is -3.58. The standard InChI is InChI=1S/C23H24N6O/c1-15-11-16-12-18(5-6-21(16)26-15)27-22-8-10-25-23(29-22)28-17-3-2-4-19(13-17)30-20-7-9-24-14-20/h2-6,8,10-13,20,24,26H,7,9,14H2,1H3,(H2,25,27,28,29). The SMILES string of the molecule is Cc1cc2cc(Nc3ccnc(Nc4cccc(OC5CCNC5)c4)n3)ccc2[nH]1. The van der Waals surface area contributed by atoms with Crippen molar-refractivity contribution in [3.63, 3.8) is 0 Å². The average Bonchev–Trinajstić information content (AvgIpc) is 3.37. The van der Waals surface area contributed by atoms with Crippen LogP contribution in [0.15, 0.2) is 60.8 Å². The number of fused-ring (bicyclic) bond motifs is 1. The zero-order valence-electron chi connectivity index (χ0n) is 16.8. The average molecular weight is 400 g/mol. The lowest BCUT2D eigenvalue weighted by Gasteiger charge is -2.14. The number of rotatable bonds is 6. The summed E-state index contributed by atoms with van der Waals surface area (Å²) >= 11 is 0. The summed E-state index contributed by atoms with van der Waals surface area (Å²) in [7, 11) is 0. The number of nitrogens with one attached hydrogen (secondary N) is 4. The van der Waals surface area contributed by atoms with Crippen LogP contribution in [0.4, 0.5) is 23.1 Å². The van der Waals surface area contributed by atoms with Gasteiger partial charge in [-0.05, 0) is 62.4 Å². The third kappa shape index (κ3) is 4.21. The molecule has 7 heteroatoms. The zero-order valence-corrected chi connectivity index (χ0v) is 16.8. The van der Waals surface area contributed by atoms with Crippen molar-refractivity contribution in [3.05, 3.63) is 66.5 Å². The maximum Gasteiger partial charge on any atom is 0.229 e. The molecule has 1 saturated heterocycles. The minimum absolute atomic E-state index is 0.227. The molecule has 1 aliphatic rings. The Bertz CT molecular complexity index is 1170. The van der Waals surface area contributed by atoms with Gasteiger partial charge in [0.15, 0.2) is 0 Å². The van der Waals surface area contributed by atoms with Gasteiger partial charge in [-0.1, -0.05) is 6.07 Å². The van der Waals surface area contributed by atoms with Crippen molar-refractivity contribution in [2.24, 2.45) is 0 Å². The van der Waals surface area contributed by atoms with E-state index in [9.17, 15) is 0 Å². The van der Waals surface area contributed by atoms with Gasteiger partial charge in [-0.25, -0.2) is 4.98 Å². The second-order valence-corrected chi connectivity index (χ2v) is 7.53. The first-order valence-electron chi connectivity index (χ1n) is 10.2. The maximum absolute atomic E-state index is 6.04. The molecule has 0 bridgehead atoms. The molecule has 1 fully saturated rings. The summed E-state index contributed by atoms with van der Waals surface area (Å²) in [4.78, 5) is 12.3. The molecule has 5 rings (SSSR count). The Kier molecular flexibility index (Phi) is 4.94. The summed E-state index contributed by atoms with van der Waals surface area (Å²) in [6.45, 7) is 3.95. The van der Waals surface area contributed by atoms with Crippen LogP contribution < -0.4 is 20.7 Å². The van der Waals surface area contributed by atoms with E-state index < -0.39 is 0 Å². The van der Waals surface area contributed by atoms with Gasteiger partial charge in [-0.2, -0.15) is 4.98 Å². The third-order valence-electron chi connectivity index (χ3n) is 5.09. The highest BCUT2D eigenvalue weighted by Gasteiger charge is 2.15. The molecular formula is C23H24N6O. The molecule has 0 aliphatic carbocycles. The van der Waals surface area contributed by atoms with Crippen LogP contribution in [-0.2, 0) is 0 Å². The zero-order chi connectivity index (χ0) is 20.3. The number of benzene rings is 2. The van der Waals surface area contributed by atoms with Crippen LogP contribution in [-0.4, -0.2) is 34.1 Å². The predicted molar refractivity (Wildman–Crippen MR) is 120 cm³/mol. The normalized spacial score (nSPS) is 16.0. The van der Waals surface area contributed by atoms with Crippen molar-refractivity contribution in [1.82, 2.24) is 20.3 Å². The van der Waals surface area contributed by atoms with E-state index in [0.717, 1.165) is 53.7 Å². The van der Waals surface area contributed by atoms with Gasteiger partial charge in [0.2, 0.25) is 5.95 Å². The van der Waals surface area contributed by atoms with Crippen molar-refractivity contribution >= 4 is 34.0 Å². The van der Waals surface area contributed by atoms with E-state index in [0.29, 0.717) is 5.95 Å². The van der Waals surface area contributed by atoms with Crippen molar-refractivity contribution in [2.75, 3.05) is 23.7 Å². The Labute approximate surface area is 174 Å². The number of H-pyrrole nitrogens is 1. The van der Waals surface area contributed by atoms with Gasteiger partial charge in [-0.15, -0.1) is 0 Å². The number of ether oxygens (including phenoxy) is 1. The van der Waals surface area contributed by atoms with Gasteiger partial charge in [0, 0.05) is 46.8 Å². The van der Waals surface area contributed by atoms with E-state index in [1.807, 2.05) is 36.4 Å². The Morgan fingerprint density at radius 2 is 1.97 bits per heavy atom. The predicted octanol–water partition coefficient (Wildman–Crippen LogP) is 4.49. The molecule has 1 atom stereocenters. The molecule has 0 amide bonds. The summed E-state index contributed by atoms with van der Waals surface area (Å²) in [5.74, 6) is 2.10. The quantitative estimate of drug-likeness (QED) is 0.381. The molecule has 30 heavy (non-hydrogen) atoms. The molecule has 0 spiro atoms. The van der Waals surface area contributed by atoms with Crippen molar-refractivity contribution in [3.8, 4) is 5.75 Å². The summed E-state index contributed by atoms with van der Waals surface area (Å²) in [6, 6.07) is 18.1. The van der Waals surface area contributed by atoms with E-state index in [2.05, 4.69) is 56.0 Å². The van der Waals surface area contributed by atoms with Crippen LogP contribution >= 0.6 is 0 Å². The molecule has 2 aromatic carbocycles.